The molecular formula is C9H7F3NaO2P. The fourth-order valence-corrected chi connectivity index (χ4v) is 2.10. The molecule has 16 heavy (non-hydrogen) atoms. The summed E-state index contributed by atoms with van der Waals surface area (Å²) in [6, 6.07) is 6.84. The van der Waals surface area contributed by atoms with Crippen LogP contribution in [-0.4, -0.2) is 6.43 Å². The Bertz CT molecular complexity index is 408. The van der Waals surface area contributed by atoms with Crippen LogP contribution in [-0.2, 0) is 4.57 Å². The Morgan fingerprint density at radius 1 is 1.31 bits per heavy atom. The molecule has 0 aromatic heterocycles. The minimum absolute atomic E-state index is 0. The van der Waals surface area contributed by atoms with Crippen molar-refractivity contribution in [2.75, 3.05) is 0 Å². The number of hydrogen-bond acceptors (Lipinski definition) is 2. The van der Waals surface area contributed by atoms with Gasteiger partial charge in [0.25, 0.3) is 6.43 Å². The van der Waals surface area contributed by atoms with Gasteiger partial charge in [-0.15, -0.1) is 0 Å². The fraction of sp³-hybridized carbons (Fsp3) is 0.111. The molecule has 0 aliphatic rings. The Morgan fingerprint density at radius 2 is 1.81 bits per heavy atom. The van der Waals surface area contributed by atoms with Crippen LogP contribution in [0.2, 0.25) is 0 Å². The first-order valence-corrected chi connectivity index (χ1v) is 5.65. The van der Waals surface area contributed by atoms with Gasteiger partial charge in [-0.3, -0.25) is 0 Å². The van der Waals surface area contributed by atoms with Gasteiger partial charge in [-0.2, -0.15) is 0 Å². The quantitative estimate of drug-likeness (QED) is 0.517. The van der Waals surface area contributed by atoms with Crippen LogP contribution in [0.25, 0.3) is 0 Å². The summed E-state index contributed by atoms with van der Waals surface area (Å²) in [5.74, 6) is -1.98. The fourth-order valence-electron chi connectivity index (χ4n) is 0.929. The third kappa shape index (κ3) is 4.44. The van der Waals surface area contributed by atoms with Crippen molar-refractivity contribution in [3.05, 3.63) is 42.0 Å². The first-order chi connectivity index (χ1) is 6.93. The maximum Gasteiger partial charge on any atom is 1.00 e. The van der Waals surface area contributed by atoms with Crippen LogP contribution in [0.3, 0.4) is 0 Å². The molecule has 1 unspecified atom stereocenters. The van der Waals surface area contributed by atoms with Gasteiger partial charge in [0.05, 0.1) is 7.37 Å². The topological polar surface area (TPSA) is 40.1 Å². The minimum atomic E-state index is -4.42. The minimum Gasteiger partial charge on any atom is -0.793 e. The molecule has 0 spiro atoms. The van der Waals surface area contributed by atoms with E-state index in [9.17, 15) is 22.6 Å². The van der Waals surface area contributed by atoms with Gasteiger partial charge in [0.1, 0.15) is 0 Å². The molecule has 1 aromatic carbocycles. The van der Waals surface area contributed by atoms with E-state index >= 15 is 0 Å². The van der Waals surface area contributed by atoms with Gasteiger partial charge in [0.15, 0.2) is 5.83 Å². The van der Waals surface area contributed by atoms with Gasteiger partial charge in [-0.25, -0.2) is 13.2 Å². The molecule has 1 atom stereocenters. The third-order valence-corrected chi connectivity index (χ3v) is 3.22. The molecule has 1 rings (SSSR count). The van der Waals surface area contributed by atoms with Crippen LogP contribution in [0.4, 0.5) is 13.2 Å². The second-order valence-corrected chi connectivity index (χ2v) is 4.72. The first-order valence-electron chi connectivity index (χ1n) is 3.96. The van der Waals surface area contributed by atoms with Crippen molar-refractivity contribution in [1.82, 2.24) is 0 Å². The zero-order valence-corrected chi connectivity index (χ0v) is 11.3. The van der Waals surface area contributed by atoms with Gasteiger partial charge in [-0.1, -0.05) is 30.3 Å². The van der Waals surface area contributed by atoms with Crippen LogP contribution in [0, 0.1) is 0 Å². The van der Waals surface area contributed by atoms with Crippen LogP contribution in [0.1, 0.15) is 0 Å². The number of rotatable bonds is 3. The number of hydrogen-bond donors (Lipinski definition) is 0. The van der Waals surface area contributed by atoms with Crippen molar-refractivity contribution >= 4 is 12.7 Å². The summed E-state index contributed by atoms with van der Waals surface area (Å²) in [6.45, 7) is 0. The molecule has 0 heterocycles. The molecule has 2 nitrogen and oxygen atoms in total. The number of benzene rings is 1. The summed E-state index contributed by atoms with van der Waals surface area (Å²) < 4.78 is 47.3. The van der Waals surface area contributed by atoms with Crippen LogP contribution in [0.15, 0.2) is 42.0 Å². The molecular weight excluding hydrogens is 251 g/mol. The van der Waals surface area contributed by atoms with Gasteiger partial charge in [0.2, 0.25) is 0 Å². The van der Waals surface area contributed by atoms with Gasteiger partial charge >= 0.3 is 29.6 Å². The Kier molecular flexibility index (Phi) is 6.60. The largest absolute Gasteiger partial charge is 1.00 e. The maximum atomic E-state index is 12.4. The van der Waals surface area contributed by atoms with Crippen LogP contribution >= 0.6 is 7.37 Å². The third-order valence-electron chi connectivity index (χ3n) is 1.62. The van der Waals surface area contributed by atoms with Crippen LogP contribution in [0.5, 0.6) is 0 Å². The standard InChI is InChI=1S/C9H8F3O2P.Na/c10-8(9(11)12)6-15(13,14)7-4-2-1-3-5-7;/h1-6,9H,(H,13,14);/q;+1/p-1. The second kappa shape index (κ2) is 6.62. The van der Waals surface area contributed by atoms with E-state index in [0.717, 1.165) is 0 Å². The molecule has 0 bridgehead atoms. The van der Waals surface area contributed by atoms with E-state index in [2.05, 4.69) is 0 Å². The molecule has 82 valence electrons. The van der Waals surface area contributed by atoms with E-state index in [4.69, 9.17) is 0 Å². The Morgan fingerprint density at radius 3 is 2.25 bits per heavy atom. The molecule has 7 heteroatoms. The van der Waals surface area contributed by atoms with Crippen molar-refractivity contribution < 1.29 is 52.2 Å². The summed E-state index contributed by atoms with van der Waals surface area (Å²) in [5.41, 5.74) is 0. The SMILES string of the molecule is O=P([O-])(C=C(F)C(F)F)c1ccccc1.[Na+]. The molecule has 0 radical (unpaired) electrons. The number of allylic oxidation sites excluding steroid dienone is 1. The Labute approximate surface area is 113 Å². The van der Waals surface area contributed by atoms with Gasteiger partial charge in [-0.05, 0) is 0 Å². The van der Waals surface area contributed by atoms with E-state index in [1.54, 1.807) is 6.07 Å². The van der Waals surface area contributed by atoms with E-state index in [1.165, 1.54) is 24.3 Å². The Balaban J connectivity index is 0.00000225. The second-order valence-electron chi connectivity index (χ2n) is 2.75. The molecule has 0 amide bonds. The zero-order chi connectivity index (χ0) is 11.5. The van der Waals surface area contributed by atoms with E-state index < -0.39 is 19.6 Å². The summed E-state index contributed by atoms with van der Waals surface area (Å²) in [7, 11) is -4.42. The molecule has 0 aliphatic heterocycles. The number of halogens is 3. The normalized spacial score (nSPS) is 15.4. The van der Waals surface area contributed by atoms with E-state index in [-0.39, 0.29) is 40.7 Å². The predicted molar refractivity (Wildman–Crippen MR) is 48.9 cm³/mol. The zero-order valence-electron chi connectivity index (χ0n) is 8.44. The molecule has 0 saturated carbocycles. The maximum absolute atomic E-state index is 12.4. The first kappa shape index (κ1) is 15.9. The van der Waals surface area contributed by atoms with Gasteiger partial charge in [0, 0.05) is 11.1 Å². The summed E-state index contributed by atoms with van der Waals surface area (Å²) in [4.78, 5) is 11.3. The monoisotopic (exact) mass is 258 g/mol. The van der Waals surface area contributed by atoms with Crippen molar-refractivity contribution in [3.8, 4) is 0 Å². The van der Waals surface area contributed by atoms with E-state index in [1.807, 2.05) is 0 Å². The van der Waals surface area contributed by atoms with Crippen molar-refractivity contribution in [3.63, 3.8) is 0 Å². The molecule has 1 aromatic rings. The average molecular weight is 258 g/mol. The van der Waals surface area contributed by atoms with Crippen molar-refractivity contribution in [1.29, 1.82) is 0 Å². The summed E-state index contributed by atoms with van der Waals surface area (Å²) in [5, 5.41) is -0.194. The van der Waals surface area contributed by atoms with E-state index in [0.29, 0.717) is 0 Å². The molecule has 0 saturated heterocycles. The average Bonchev–Trinajstić information content (AvgIpc) is 2.18. The molecule has 0 N–H and O–H groups in total. The number of alkyl halides is 2. The van der Waals surface area contributed by atoms with Crippen LogP contribution < -0.4 is 39.8 Å². The molecule has 0 fully saturated rings. The van der Waals surface area contributed by atoms with Gasteiger partial charge < -0.3 is 9.46 Å². The smallest absolute Gasteiger partial charge is 0.793 e. The summed E-state index contributed by atoms with van der Waals surface area (Å²) in [6.07, 6.45) is -3.41. The van der Waals surface area contributed by atoms with Crippen molar-refractivity contribution in [2.45, 2.75) is 6.43 Å². The Hall–Kier alpha value is -0.0600. The predicted octanol–water partition coefficient (Wildman–Crippen LogP) is -0.970. The molecule has 0 aliphatic carbocycles. The summed E-state index contributed by atoms with van der Waals surface area (Å²) >= 11 is 0. The van der Waals surface area contributed by atoms with Crippen molar-refractivity contribution in [2.24, 2.45) is 0 Å².